The Labute approximate surface area is 161 Å². The normalized spacial score (nSPS) is 16.3. The van der Waals surface area contributed by atoms with Crippen molar-refractivity contribution >= 4 is 16.5 Å². The first-order valence-corrected chi connectivity index (χ1v) is 10.2. The Morgan fingerprint density at radius 3 is 2.31 bits per heavy atom. The van der Waals surface area contributed by atoms with E-state index in [9.17, 15) is 0 Å². The molecular formula is C21H31N3OS. The van der Waals surface area contributed by atoms with Gasteiger partial charge in [-0.2, -0.15) is 0 Å². The largest absolute Gasteiger partial charge is 0.383 e. The molecule has 142 valence electrons. The van der Waals surface area contributed by atoms with Gasteiger partial charge in [0.25, 0.3) is 0 Å². The number of anilines is 1. The van der Waals surface area contributed by atoms with Crippen molar-refractivity contribution in [3.05, 3.63) is 34.7 Å². The lowest BCUT2D eigenvalue weighted by atomic mass is 9.86. The van der Waals surface area contributed by atoms with Crippen molar-refractivity contribution in [3.63, 3.8) is 0 Å². The van der Waals surface area contributed by atoms with Crippen LogP contribution in [0.5, 0.6) is 0 Å². The van der Waals surface area contributed by atoms with Crippen LogP contribution >= 0.6 is 11.3 Å². The van der Waals surface area contributed by atoms with Crippen molar-refractivity contribution in [1.29, 1.82) is 0 Å². The SMILES string of the molecule is COCCN1CCN(c2nc(-c3ccc(C(C)(C)C)cc3)c(C)s2)CC1. The van der Waals surface area contributed by atoms with Crippen LogP contribution in [0, 0.1) is 6.92 Å². The summed E-state index contributed by atoms with van der Waals surface area (Å²) in [6.45, 7) is 15.0. The Hall–Kier alpha value is -1.43. The van der Waals surface area contributed by atoms with Crippen molar-refractivity contribution in [3.8, 4) is 11.3 Å². The molecule has 0 saturated carbocycles. The first-order valence-electron chi connectivity index (χ1n) is 9.43. The molecule has 1 aromatic heterocycles. The Balaban J connectivity index is 1.70. The van der Waals surface area contributed by atoms with Gasteiger partial charge >= 0.3 is 0 Å². The molecule has 0 atom stereocenters. The zero-order valence-corrected chi connectivity index (χ0v) is 17.5. The van der Waals surface area contributed by atoms with Crippen LogP contribution < -0.4 is 4.90 Å². The minimum atomic E-state index is 0.184. The van der Waals surface area contributed by atoms with E-state index in [1.807, 2.05) is 11.3 Å². The van der Waals surface area contributed by atoms with Crippen LogP contribution in [0.3, 0.4) is 0 Å². The molecule has 0 radical (unpaired) electrons. The first kappa shape index (κ1) is 19.3. The second kappa shape index (κ2) is 8.07. The van der Waals surface area contributed by atoms with E-state index in [4.69, 9.17) is 9.72 Å². The van der Waals surface area contributed by atoms with Crippen molar-refractivity contribution in [2.45, 2.75) is 33.1 Å². The zero-order valence-electron chi connectivity index (χ0n) is 16.7. The number of piperazine rings is 1. The molecule has 0 N–H and O–H groups in total. The van der Waals surface area contributed by atoms with E-state index in [2.05, 4.69) is 61.8 Å². The second-order valence-corrected chi connectivity index (χ2v) is 9.23. The van der Waals surface area contributed by atoms with Gasteiger partial charge in [-0.25, -0.2) is 4.98 Å². The van der Waals surface area contributed by atoms with Crippen molar-refractivity contribution in [1.82, 2.24) is 9.88 Å². The molecule has 2 aromatic rings. The fourth-order valence-corrected chi connectivity index (χ4v) is 4.28. The average molecular weight is 374 g/mol. The Bertz CT molecular complexity index is 710. The molecule has 1 saturated heterocycles. The van der Waals surface area contributed by atoms with Gasteiger partial charge < -0.3 is 9.64 Å². The number of rotatable bonds is 5. The molecule has 0 spiro atoms. The monoisotopic (exact) mass is 373 g/mol. The molecule has 0 bridgehead atoms. The molecule has 26 heavy (non-hydrogen) atoms. The van der Waals surface area contributed by atoms with Gasteiger partial charge in [-0.3, -0.25) is 4.90 Å². The predicted molar refractivity (Wildman–Crippen MR) is 112 cm³/mol. The third-order valence-corrected chi connectivity index (χ3v) is 6.10. The maximum atomic E-state index is 5.19. The molecule has 5 heteroatoms. The third kappa shape index (κ3) is 4.45. The van der Waals surface area contributed by atoms with Crippen molar-refractivity contribution in [2.75, 3.05) is 51.3 Å². The van der Waals surface area contributed by atoms with E-state index in [-0.39, 0.29) is 5.41 Å². The molecule has 2 heterocycles. The summed E-state index contributed by atoms with van der Waals surface area (Å²) in [6.07, 6.45) is 0. The van der Waals surface area contributed by atoms with E-state index in [0.717, 1.165) is 50.2 Å². The van der Waals surface area contributed by atoms with E-state index >= 15 is 0 Å². The van der Waals surface area contributed by atoms with Crippen LogP contribution in [0.4, 0.5) is 5.13 Å². The molecule has 4 nitrogen and oxygen atoms in total. The maximum absolute atomic E-state index is 5.19. The first-order chi connectivity index (χ1) is 12.4. The van der Waals surface area contributed by atoms with E-state index in [1.54, 1.807) is 7.11 Å². The van der Waals surface area contributed by atoms with Crippen LogP contribution in [-0.2, 0) is 10.2 Å². The van der Waals surface area contributed by atoms with Gasteiger partial charge in [0.05, 0.1) is 12.3 Å². The van der Waals surface area contributed by atoms with Crippen LogP contribution in [-0.4, -0.2) is 56.3 Å². The van der Waals surface area contributed by atoms with Gasteiger partial charge in [-0.05, 0) is 17.9 Å². The van der Waals surface area contributed by atoms with Gasteiger partial charge in [0.15, 0.2) is 5.13 Å². The van der Waals surface area contributed by atoms with Crippen molar-refractivity contribution < 1.29 is 4.74 Å². The lowest BCUT2D eigenvalue weighted by Crippen LogP contribution is -2.47. The summed E-state index contributed by atoms with van der Waals surface area (Å²) in [7, 11) is 1.77. The summed E-state index contributed by atoms with van der Waals surface area (Å²) < 4.78 is 5.19. The Morgan fingerprint density at radius 2 is 1.73 bits per heavy atom. The molecule has 1 aromatic carbocycles. The lowest BCUT2D eigenvalue weighted by Gasteiger charge is -2.34. The highest BCUT2D eigenvalue weighted by atomic mass is 32.1. The smallest absolute Gasteiger partial charge is 0.186 e. The highest BCUT2D eigenvalue weighted by Crippen LogP contribution is 2.34. The molecule has 1 aliphatic rings. The number of hydrogen-bond donors (Lipinski definition) is 0. The zero-order chi connectivity index (χ0) is 18.7. The minimum absolute atomic E-state index is 0.184. The summed E-state index contributed by atoms with van der Waals surface area (Å²) in [5, 5.41) is 1.16. The van der Waals surface area contributed by atoms with Crippen LogP contribution in [0.1, 0.15) is 31.2 Å². The summed E-state index contributed by atoms with van der Waals surface area (Å²) >= 11 is 1.82. The van der Waals surface area contributed by atoms with E-state index < -0.39 is 0 Å². The molecule has 3 rings (SSSR count). The van der Waals surface area contributed by atoms with Crippen LogP contribution in [0.15, 0.2) is 24.3 Å². The predicted octanol–water partition coefficient (Wildman–Crippen LogP) is 4.18. The van der Waals surface area contributed by atoms with Gasteiger partial charge in [0.2, 0.25) is 0 Å². The van der Waals surface area contributed by atoms with Gasteiger partial charge in [-0.15, -0.1) is 11.3 Å². The lowest BCUT2D eigenvalue weighted by molar-refractivity contribution is 0.144. The number of ether oxygens (including phenoxy) is 1. The fraction of sp³-hybridized carbons (Fsp3) is 0.571. The molecule has 0 aliphatic carbocycles. The summed E-state index contributed by atoms with van der Waals surface area (Å²) in [4.78, 5) is 11.2. The van der Waals surface area contributed by atoms with Crippen LogP contribution in [0.2, 0.25) is 0 Å². The number of hydrogen-bond acceptors (Lipinski definition) is 5. The molecule has 1 fully saturated rings. The highest BCUT2D eigenvalue weighted by Gasteiger charge is 2.21. The number of aryl methyl sites for hydroxylation is 1. The van der Waals surface area contributed by atoms with E-state index in [0.29, 0.717) is 0 Å². The summed E-state index contributed by atoms with van der Waals surface area (Å²) in [5.74, 6) is 0. The highest BCUT2D eigenvalue weighted by molar-refractivity contribution is 7.16. The van der Waals surface area contributed by atoms with Gasteiger partial charge in [0, 0.05) is 50.3 Å². The molecular weight excluding hydrogens is 342 g/mol. The second-order valence-electron chi connectivity index (χ2n) is 8.05. The van der Waals surface area contributed by atoms with Gasteiger partial charge in [-0.1, -0.05) is 45.0 Å². The van der Waals surface area contributed by atoms with Crippen molar-refractivity contribution in [2.24, 2.45) is 0 Å². The van der Waals surface area contributed by atoms with Crippen LogP contribution in [0.25, 0.3) is 11.3 Å². The minimum Gasteiger partial charge on any atom is -0.383 e. The molecule has 1 aliphatic heterocycles. The summed E-state index contributed by atoms with van der Waals surface area (Å²) in [6, 6.07) is 8.91. The number of aromatic nitrogens is 1. The maximum Gasteiger partial charge on any atom is 0.186 e. The molecule has 0 unspecified atom stereocenters. The number of nitrogens with zero attached hydrogens (tertiary/aromatic N) is 3. The Kier molecular flexibility index (Phi) is 6.00. The number of thiazole rings is 1. The summed E-state index contributed by atoms with van der Waals surface area (Å²) in [5.41, 5.74) is 3.90. The Morgan fingerprint density at radius 1 is 1.08 bits per heavy atom. The number of methoxy groups -OCH3 is 1. The molecule has 0 amide bonds. The quantitative estimate of drug-likeness (QED) is 0.786. The van der Waals surface area contributed by atoms with Gasteiger partial charge in [0.1, 0.15) is 0 Å². The fourth-order valence-electron chi connectivity index (χ4n) is 3.30. The topological polar surface area (TPSA) is 28.6 Å². The third-order valence-electron chi connectivity index (χ3n) is 5.06. The number of benzene rings is 1. The van der Waals surface area contributed by atoms with E-state index in [1.165, 1.54) is 16.0 Å². The average Bonchev–Trinajstić information content (AvgIpc) is 3.01. The standard InChI is InChI=1S/C21H31N3OS/c1-16-19(17-6-8-18(9-7-17)21(2,3)4)22-20(26-16)24-12-10-23(11-13-24)14-15-25-5/h6-9H,10-15H2,1-5H3.